The topological polar surface area (TPSA) is 52.7 Å². The largest absolute Gasteiger partial charge is 0.394 e. The van der Waals surface area contributed by atoms with Crippen LogP contribution in [0.1, 0.15) is 19.8 Å². The van der Waals surface area contributed by atoms with E-state index in [1.807, 2.05) is 6.92 Å². The van der Waals surface area contributed by atoms with E-state index in [1.165, 1.54) is 19.4 Å². The zero-order chi connectivity index (χ0) is 11.5. The molecule has 0 aromatic carbocycles. The number of hydrogen-bond donors (Lipinski definition) is 2. The van der Waals surface area contributed by atoms with Gasteiger partial charge in [0.2, 0.25) is 0 Å². The summed E-state index contributed by atoms with van der Waals surface area (Å²) in [5.41, 5.74) is 5.47. The molecule has 2 atom stereocenters. The highest BCUT2D eigenvalue weighted by molar-refractivity contribution is 4.85. The van der Waals surface area contributed by atoms with Crippen LogP contribution in [0.25, 0.3) is 0 Å². The van der Waals surface area contributed by atoms with Gasteiger partial charge < -0.3 is 20.6 Å². The van der Waals surface area contributed by atoms with Gasteiger partial charge in [0.25, 0.3) is 0 Å². The van der Waals surface area contributed by atoms with Crippen LogP contribution in [0.2, 0.25) is 0 Å². The van der Waals surface area contributed by atoms with E-state index < -0.39 is 5.54 Å². The third-order valence-electron chi connectivity index (χ3n) is 3.19. The lowest BCUT2D eigenvalue weighted by atomic mass is 10.0. The van der Waals surface area contributed by atoms with Crippen molar-refractivity contribution < 1.29 is 5.11 Å². The molecule has 0 amide bonds. The van der Waals surface area contributed by atoms with E-state index in [2.05, 4.69) is 23.9 Å². The van der Waals surface area contributed by atoms with Crippen LogP contribution in [0.4, 0.5) is 0 Å². The van der Waals surface area contributed by atoms with E-state index in [4.69, 9.17) is 10.8 Å². The van der Waals surface area contributed by atoms with Crippen molar-refractivity contribution in [2.45, 2.75) is 31.3 Å². The van der Waals surface area contributed by atoms with Gasteiger partial charge in [0, 0.05) is 24.7 Å². The van der Waals surface area contributed by atoms with Gasteiger partial charge in [-0.15, -0.1) is 0 Å². The smallest absolute Gasteiger partial charge is 0.0621 e. The van der Waals surface area contributed by atoms with E-state index in [0.717, 1.165) is 13.1 Å². The van der Waals surface area contributed by atoms with E-state index in [0.29, 0.717) is 6.04 Å². The maximum absolute atomic E-state index is 9.13. The van der Waals surface area contributed by atoms with Crippen LogP contribution < -0.4 is 5.73 Å². The van der Waals surface area contributed by atoms with Crippen molar-refractivity contribution in [3.05, 3.63) is 0 Å². The summed E-state index contributed by atoms with van der Waals surface area (Å²) in [5, 5.41) is 9.13. The van der Waals surface area contributed by atoms with Crippen molar-refractivity contribution in [2.24, 2.45) is 5.73 Å². The SMILES string of the molecule is CN1CCCC(N(C)CC(C)(N)CO)C1. The number of likely N-dealkylation sites (N-methyl/N-ethyl adjacent to an activating group) is 2. The molecule has 15 heavy (non-hydrogen) atoms. The monoisotopic (exact) mass is 215 g/mol. The molecule has 1 saturated heterocycles. The first-order chi connectivity index (χ1) is 6.94. The standard InChI is InChI=1S/C11H25N3O/c1-11(12,9-15)8-14(3)10-5-4-6-13(2)7-10/h10,15H,4-9,12H2,1-3H3. The summed E-state index contributed by atoms with van der Waals surface area (Å²) >= 11 is 0. The first-order valence-electron chi connectivity index (χ1n) is 5.73. The lowest BCUT2D eigenvalue weighted by Crippen LogP contribution is -2.54. The van der Waals surface area contributed by atoms with Gasteiger partial charge in [-0.05, 0) is 40.4 Å². The average molecular weight is 215 g/mol. The number of aliphatic hydroxyl groups is 1. The van der Waals surface area contributed by atoms with Crippen LogP contribution in [-0.4, -0.2) is 66.8 Å². The van der Waals surface area contributed by atoms with Crippen LogP contribution in [0.5, 0.6) is 0 Å². The van der Waals surface area contributed by atoms with Gasteiger partial charge in [-0.2, -0.15) is 0 Å². The molecule has 4 nitrogen and oxygen atoms in total. The molecular formula is C11H25N3O. The van der Waals surface area contributed by atoms with Crippen molar-refractivity contribution in [1.82, 2.24) is 9.80 Å². The van der Waals surface area contributed by atoms with Gasteiger partial charge >= 0.3 is 0 Å². The fourth-order valence-corrected chi connectivity index (χ4v) is 2.25. The molecule has 1 fully saturated rings. The molecule has 0 aromatic heterocycles. The summed E-state index contributed by atoms with van der Waals surface area (Å²) in [4.78, 5) is 4.64. The summed E-state index contributed by atoms with van der Waals surface area (Å²) in [7, 11) is 4.26. The number of nitrogens with two attached hydrogens (primary N) is 1. The molecule has 1 aliphatic rings. The van der Waals surface area contributed by atoms with E-state index in [9.17, 15) is 0 Å². The lowest BCUT2D eigenvalue weighted by molar-refractivity contribution is 0.0955. The maximum atomic E-state index is 9.13. The Bertz CT molecular complexity index is 196. The van der Waals surface area contributed by atoms with Crippen LogP contribution in [0, 0.1) is 0 Å². The Kier molecular flexibility index (Phi) is 4.52. The van der Waals surface area contributed by atoms with E-state index in [-0.39, 0.29) is 6.61 Å². The fourth-order valence-electron chi connectivity index (χ4n) is 2.25. The molecule has 2 unspecified atom stereocenters. The maximum Gasteiger partial charge on any atom is 0.0621 e. The molecule has 0 spiro atoms. The summed E-state index contributed by atoms with van der Waals surface area (Å²) in [6.07, 6.45) is 2.49. The first-order valence-corrected chi connectivity index (χ1v) is 5.73. The van der Waals surface area contributed by atoms with Crippen LogP contribution in [-0.2, 0) is 0 Å². The molecule has 0 saturated carbocycles. The molecular weight excluding hydrogens is 190 g/mol. The number of hydrogen-bond acceptors (Lipinski definition) is 4. The van der Waals surface area contributed by atoms with E-state index >= 15 is 0 Å². The average Bonchev–Trinajstić information content (AvgIpc) is 2.17. The third-order valence-corrected chi connectivity index (χ3v) is 3.19. The van der Waals surface area contributed by atoms with E-state index in [1.54, 1.807) is 0 Å². The molecule has 90 valence electrons. The number of aliphatic hydroxyl groups excluding tert-OH is 1. The molecule has 1 aliphatic heterocycles. The van der Waals surface area contributed by atoms with Gasteiger partial charge in [-0.3, -0.25) is 0 Å². The second-order valence-corrected chi connectivity index (χ2v) is 5.29. The molecule has 0 aliphatic carbocycles. The van der Waals surface area contributed by atoms with Gasteiger partial charge in [0.15, 0.2) is 0 Å². The molecule has 0 bridgehead atoms. The summed E-state index contributed by atoms with van der Waals surface area (Å²) in [6.45, 7) is 5.00. The molecule has 0 aromatic rings. The first kappa shape index (κ1) is 12.9. The van der Waals surface area contributed by atoms with Crippen molar-refractivity contribution in [2.75, 3.05) is 40.3 Å². The van der Waals surface area contributed by atoms with Gasteiger partial charge in [0.1, 0.15) is 0 Å². The zero-order valence-electron chi connectivity index (χ0n) is 10.2. The highest BCUT2D eigenvalue weighted by atomic mass is 16.3. The molecule has 3 N–H and O–H groups in total. The third kappa shape index (κ3) is 4.07. The van der Waals surface area contributed by atoms with Gasteiger partial charge in [-0.1, -0.05) is 0 Å². The number of piperidine rings is 1. The van der Waals surface area contributed by atoms with Crippen molar-refractivity contribution in [3.63, 3.8) is 0 Å². The van der Waals surface area contributed by atoms with Gasteiger partial charge in [-0.25, -0.2) is 0 Å². The second kappa shape index (κ2) is 5.25. The molecule has 4 heteroatoms. The highest BCUT2D eigenvalue weighted by Gasteiger charge is 2.26. The van der Waals surface area contributed by atoms with Crippen LogP contribution >= 0.6 is 0 Å². The Morgan fingerprint density at radius 3 is 2.80 bits per heavy atom. The Labute approximate surface area is 93.0 Å². The molecule has 0 radical (unpaired) electrons. The second-order valence-electron chi connectivity index (χ2n) is 5.29. The number of likely N-dealkylation sites (tertiary alicyclic amines) is 1. The molecule has 1 heterocycles. The molecule has 1 rings (SSSR count). The minimum absolute atomic E-state index is 0.0416. The van der Waals surface area contributed by atoms with Crippen LogP contribution in [0.3, 0.4) is 0 Å². The fraction of sp³-hybridized carbons (Fsp3) is 1.00. The van der Waals surface area contributed by atoms with Gasteiger partial charge in [0.05, 0.1) is 6.61 Å². The summed E-state index contributed by atoms with van der Waals surface area (Å²) in [5.74, 6) is 0. The van der Waals surface area contributed by atoms with Crippen molar-refractivity contribution in [3.8, 4) is 0 Å². The van der Waals surface area contributed by atoms with Crippen LogP contribution in [0.15, 0.2) is 0 Å². The Balaban J connectivity index is 2.42. The Morgan fingerprint density at radius 2 is 2.27 bits per heavy atom. The number of nitrogens with zero attached hydrogens (tertiary/aromatic N) is 2. The van der Waals surface area contributed by atoms with Crippen molar-refractivity contribution >= 4 is 0 Å². The lowest BCUT2D eigenvalue weighted by Gasteiger charge is -2.39. The highest BCUT2D eigenvalue weighted by Crippen LogP contribution is 2.15. The summed E-state index contributed by atoms with van der Waals surface area (Å²) in [6, 6.07) is 0.582. The van der Waals surface area contributed by atoms with Crippen molar-refractivity contribution in [1.29, 1.82) is 0 Å². The quantitative estimate of drug-likeness (QED) is 0.677. The number of rotatable bonds is 4. The Morgan fingerprint density at radius 1 is 1.60 bits per heavy atom. The minimum atomic E-state index is -0.481. The normalized spacial score (nSPS) is 28.0. The zero-order valence-corrected chi connectivity index (χ0v) is 10.2. The predicted octanol–water partition coefficient (Wildman–Crippen LogP) is -0.278. The summed E-state index contributed by atoms with van der Waals surface area (Å²) < 4.78 is 0. The minimum Gasteiger partial charge on any atom is -0.394 e. The Hall–Kier alpha value is -0.160. The predicted molar refractivity (Wildman–Crippen MR) is 62.8 cm³/mol.